The Morgan fingerprint density at radius 2 is 2.24 bits per heavy atom. The fourth-order valence-electron chi connectivity index (χ4n) is 2.14. The first-order valence-electron chi connectivity index (χ1n) is 6.61. The van der Waals surface area contributed by atoms with Gasteiger partial charge in [-0.05, 0) is 24.7 Å². The van der Waals surface area contributed by atoms with E-state index in [0.29, 0.717) is 6.61 Å². The number of likely N-dealkylation sites (N-methyl/N-ethyl adjacent to an activating group) is 1. The second-order valence-corrected chi connectivity index (χ2v) is 7.70. The van der Waals surface area contributed by atoms with E-state index in [4.69, 9.17) is 31.8 Å². The van der Waals surface area contributed by atoms with Crippen LogP contribution in [0.1, 0.15) is 6.92 Å². The van der Waals surface area contributed by atoms with Gasteiger partial charge in [0.15, 0.2) is 0 Å². The first kappa shape index (κ1) is 16.8. The largest absolute Gasteiger partial charge is 0.489 e. The van der Waals surface area contributed by atoms with Gasteiger partial charge in [0, 0.05) is 28.8 Å². The van der Waals surface area contributed by atoms with E-state index in [1.54, 1.807) is 6.07 Å². The number of hydrogen-bond acceptors (Lipinski definition) is 5. The summed E-state index contributed by atoms with van der Waals surface area (Å²) in [6, 6.07) is 4.33. The van der Waals surface area contributed by atoms with Crippen LogP contribution in [0.3, 0.4) is 0 Å². The Balaban J connectivity index is 2.06. The molecule has 1 aliphatic rings. The van der Waals surface area contributed by atoms with Gasteiger partial charge < -0.3 is 9.47 Å². The van der Waals surface area contributed by atoms with Crippen molar-refractivity contribution >= 4 is 31.3 Å². The molecule has 0 amide bonds. The lowest BCUT2D eigenvalue weighted by atomic mass is 10.3. The average molecular weight is 354 g/mol. The predicted molar refractivity (Wildman–Crippen MR) is 81.8 cm³/mol. The Morgan fingerprint density at radius 3 is 2.90 bits per heavy atom. The van der Waals surface area contributed by atoms with Crippen molar-refractivity contribution in [1.82, 2.24) is 4.90 Å². The minimum absolute atomic E-state index is 0.0970. The van der Waals surface area contributed by atoms with Crippen LogP contribution in [0.5, 0.6) is 5.75 Å². The molecule has 0 aromatic heterocycles. The highest BCUT2D eigenvalue weighted by Crippen LogP contribution is 2.30. The zero-order valence-corrected chi connectivity index (χ0v) is 13.9. The minimum atomic E-state index is -3.91. The van der Waals surface area contributed by atoms with E-state index in [9.17, 15) is 8.42 Å². The molecule has 0 aliphatic carbocycles. The molecule has 1 aliphatic heterocycles. The molecule has 0 radical (unpaired) electrons. The summed E-state index contributed by atoms with van der Waals surface area (Å²) in [4.78, 5) is 2.12. The quantitative estimate of drug-likeness (QED) is 0.760. The third-order valence-electron chi connectivity index (χ3n) is 3.26. The summed E-state index contributed by atoms with van der Waals surface area (Å²) in [5, 5.41) is 0.285. The van der Waals surface area contributed by atoms with Gasteiger partial charge in [-0.25, -0.2) is 8.42 Å². The molecular formula is C13H17Cl2NO4S. The predicted octanol–water partition coefficient (Wildman–Crippen LogP) is 2.37. The van der Waals surface area contributed by atoms with Crippen molar-refractivity contribution < 1.29 is 17.9 Å². The topological polar surface area (TPSA) is 55.8 Å². The number of morpholine rings is 1. The summed E-state index contributed by atoms with van der Waals surface area (Å²) in [5.74, 6) is 0.187. The molecule has 1 atom stereocenters. The third kappa shape index (κ3) is 4.72. The summed E-state index contributed by atoms with van der Waals surface area (Å²) >= 11 is 5.80. The average Bonchev–Trinajstić information content (AvgIpc) is 2.45. The monoisotopic (exact) mass is 353 g/mol. The van der Waals surface area contributed by atoms with E-state index in [0.717, 1.165) is 19.6 Å². The molecule has 1 saturated heterocycles. The molecule has 1 unspecified atom stereocenters. The highest BCUT2D eigenvalue weighted by atomic mass is 35.7. The molecule has 118 valence electrons. The van der Waals surface area contributed by atoms with Crippen LogP contribution in [-0.2, 0) is 13.8 Å². The van der Waals surface area contributed by atoms with Crippen molar-refractivity contribution in [3.8, 4) is 5.75 Å². The summed E-state index contributed by atoms with van der Waals surface area (Å²) in [6.45, 7) is 5.59. The van der Waals surface area contributed by atoms with E-state index >= 15 is 0 Å². The van der Waals surface area contributed by atoms with Crippen LogP contribution in [0.15, 0.2) is 23.1 Å². The summed E-state index contributed by atoms with van der Waals surface area (Å²) < 4.78 is 34.3. The van der Waals surface area contributed by atoms with Gasteiger partial charge in [-0.3, -0.25) is 4.90 Å². The van der Waals surface area contributed by atoms with Gasteiger partial charge in [-0.2, -0.15) is 0 Å². The van der Waals surface area contributed by atoms with Gasteiger partial charge in [0.25, 0.3) is 9.05 Å². The summed E-state index contributed by atoms with van der Waals surface area (Å²) in [5.41, 5.74) is 0. The second kappa shape index (κ2) is 7.15. The Bertz CT molecular complexity index is 594. The van der Waals surface area contributed by atoms with Crippen molar-refractivity contribution in [3.05, 3.63) is 23.2 Å². The third-order valence-corrected chi connectivity index (χ3v) is 4.84. The van der Waals surface area contributed by atoms with Crippen molar-refractivity contribution in [2.75, 3.05) is 32.8 Å². The van der Waals surface area contributed by atoms with E-state index in [1.165, 1.54) is 12.1 Å². The van der Waals surface area contributed by atoms with Crippen LogP contribution in [0.4, 0.5) is 0 Å². The lowest BCUT2D eigenvalue weighted by Crippen LogP contribution is -2.44. The van der Waals surface area contributed by atoms with Gasteiger partial charge in [0.2, 0.25) is 0 Å². The van der Waals surface area contributed by atoms with Gasteiger partial charge in [-0.1, -0.05) is 18.5 Å². The summed E-state index contributed by atoms with van der Waals surface area (Å²) in [7, 11) is 1.48. The molecule has 8 heteroatoms. The normalized spacial score (nSPS) is 20.4. The van der Waals surface area contributed by atoms with Crippen LogP contribution in [0.2, 0.25) is 5.02 Å². The molecule has 0 spiro atoms. The number of benzene rings is 1. The van der Waals surface area contributed by atoms with E-state index < -0.39 is 9.05 Å². The van der Waals surface area contributed by atoms with Crippen molar-refractivity contribution in [2.45, 2.75) is 17.9 Å². The Kier molecular flexibility index (Phi) is 5.73. The first-order chi connectivity index (χ1) is 9.90. The molecule has 1 heterocycles. The first-order valence-corrected chi connectivity index (χ1v) is 9.30. The molecule has 0 bridgehead atoms. The molecule has 2 rings (SSSR count). The fourth-order valence-corrected chi connectivity index (χ4v) is 3.38. The molecule has 21 heavy (non-hydrogen) atoms. The van der Waals surface area contributed by atoms with Crippen molar-refractivity contribution in [2.24, 2.45) is 0 Å². The molecule has 0 saturated carbocycles. The minimum Gasteiger partial charge on any atom is -0.489 e. The standard InChI is InChI=1S/C13H17Cl2NO4S/c1-2-16-5-6-19-11(8-16)9-20-12-4-3-10(14)7-13(12)21(15,17)18/h3-4,7,11H,2,5-6,8-9H2,1H3. The number of hydrogen-bond donors (Lipinski definition) is 0. The van der Waals surface area contributed by atoms with Crippen LogP contribution in [0, 0.1) is 0 Å². The van der Waals surface area contributed by atoms with Crippen LogP contribution >= 0.6 is 22.3 Å². The molecule has 0 N–H and O–H groups in total. The van der Waals surface area contributed by atoms with Crippen LogP contribution in [0.25, 0.3) is 0 Å². The Morgan fingerprint density at radius 1 is 1.48 bits per heavy atom. The van der Waals surface area contributed by atoms with Crippen molar-refractivity contribution in [1.29, 1.82) is 0 Å². The number of halogens is 2. The summed E-state index contributed by atoms with van der Waals surface area (Å²) in [6.07, 6.45) is -0.0970. The Labute approximate surface area is 134 Å². The maximum absolute atomic E-state index is 11.5. The maximum Gasteiger partial charge on any atom is 0.265 e. The zero-order valence-electron chi connectivity index (χ0n) is 11.6. The second-order valence-electron chi connectivity index (χ2n) is 4.73. The zero-order chi connectivity index (χ0) is 15.5. The molecular weight excluding hydrogens is 337 g/mol. The van der Waals surface area contributed by atoms with Gasteiger partial charge >= 0.3 is 0 Å². The fraction of sp³-hybridized carbons (Fsp3) is 0.538. The SMILES string of the molecule is CCN1CCOC(COc2ccc(Cl)cc2S(=O)(=O)Cl)C1. The highest BCUT2D eigenvalue weighted by Gasteiger charge is 2.22. The Hall–Kier alpha value is -0.530. The number of nitrogens with zero attached hydrogens (tertiary/aromatic N) is 1. The van der Waals surface area contributed by atoms with Gasteiger partial charge in [0.05, 0.1) is 6.61 Å². The number of rotatable bonds is 5. The van der Waals surface area contributed by atoms with E-state index in [2.05, 4.69) is 11.8 Å². The van der Waals surface area contributed by atoms with E-state index in [1.807, 2.05) is 0 Å². The smallest absolute Gasteiger partial charge is 0.265 e. The van der Waals surface area contributed by atoms with Crippen LogP contribution < -0.4 is 4.74 Å². The molecule has 5 nitrogen and oxygen atoms in total. The highest BCUT2D eigenvalue weighted by molar-refractivity contribution is 8.13. The van der Waals surface area contributed by atoms with Gasteiger partial charge in [0.1, 0.15) is 23.4 Å². The maximum atomic E-state index is 11.5. The van der Waals surface area contributed by atoms with Crippen molar-refractivity contribution in [3.63, 3.8) is 0 Å². The lowest BCUT2D eigenvalue weighted by molar-refractivity contribution is -0.0467. The van der Waals surface area contributed by atoms with Gasteiger partial charge in [-0.15, -0.1) is 0 Å². The molecule has 1 aromatic rings. The number of ether oxygens (including phenoxy) is 2. The molecule has 1 aromatic carbocycles. The lowest BCUT2D eigenvalue weighted by Gasteiger charge is -2.31. The van der Waals surface area contributed by atoms with E-state index in [-0.39, 0.29) is 28.4 Å². The van der Waals surface area contributed by atoms with Crippen LogP contribution in [-0.4, -0.2) is 52.3 Å². The molecule has 1 fully saturated rings.